The van der Waals surface area contributed by atoms with Crippen LogP contribution in [0.25, 0.3) is 5.52 Å². The minimum atomic E-state index is -0.131. The zero-order chi connectivity index (χ0) is 17.1. The Kier molecular flexibility index (Phi) is 4.37. The van der Waals surface area contributed by atoms with E-state index in [4.69, 9.17) is 9.47 Å². The maximum atomic E-state index is 12.6. The summed E-state index contributed by atoms with van der Waals surface area (Å²) >= 11 is 0. The van der Waals surface area contributed by atoms with Crippen molar-refractivity contribution in [2.24, 2.45) is 0 Å². The van der Waals surface area contributed by atoms with Crippen LogP contribution in [0.2, 0.25) is 0 Å². The van der Waals surface area contributed by atoms with Gasteiger partial charge in [0.15, 0.2) is 17.2 Å². The first kappa shape index (κ1) is 15.9. The van der Waals surface area contributed by atoms with Crippen molar-refractivity contribution in [3.8, 4) is 11.5 Å². The number of carbonyl (C=O) groups excluding carboxylic acids is 1. The van der Waals surface area contributed by atoms with E-state index < -0.39 is 0 Å². The first-order valence-corrected chi connectivity index (χ1v) is 7.53. The van der Waals surface area contributed by atoms with E-state index in [1.165, 1.54) is 0 Å². The van der Waals surface area contributed by atoms with Crippen molar-refractivity contribution >= 4 is 11.4 Å². The lowest BCUT2D eigenvalue weighted by atomic mass is 10.2. The van der Waals surface area contributed by atoms with Crippen LogP contribution in [0.3, 0.4) is 0 Å². The molecule has 6 nitrogen and oxygen atoms in total. The quantitative estimate of drug-likeness (QED) is 0.723. The summed E-state index contributed by atoms with van der Waals surface area (Å²) in [5.41, 5.74) is 2.26. The average Bonchev–Trinajstić information content (AvgIpc) is 3.04. The normalized spacial score (nSPS) is 10.6. The number of methoxy groups -OCH3 is 2. The van der Waals surface area contributed by atoms with Crippen molar-refractivity contribution in [1.82, 2.24) is 14.5 Å². The summed E-state index contributed by atoms with van der Waals surface area (Å²) in [6, 6.07) is 13.1. The van der Waals surface area contributed by atoms with Crippen LogP contribution in [0, 0.1) is 0 Å². The first-order chi connectivity index (χ1) is 11.6. The van der Waals surface area contributed by atoms with Crippen molar-refractivity contribution in [3.05, 3.63) is 59.9 Å². The second-order valence-corrected chi connectivity index (χ2v) is 5.45. The first-order valence-electron chi connectivity index (χ1n) is 7.53. The summed E-state index contributed by atoms with van der Waals surface area (Å²) in [5.74, 6) is 1.17. The smallest absolute Gasteiger partial charge is 0.274 e. The highest BCUT2D eigenvalue weighted by atomic mass is 16.5. The molecule has 0 atom stereocenters. The molecule has 0 saturated carbocycles. The number of benzene rings is 1. The molecule has 6 heteroatoms. The number of nitrogens with zero attached hydrogens (tertiary/aromatic N) is 3. The number of rotatable bonds is 5. The van der Waals surface area contributed by atoms with Crippen LogP contribution in [-0.4, -0.2) is 41.7 Å². The third kappa shape index (κ3) is 3.03. The van der Waals surface area contributed by atoms with Gasteiger partial charge in [0.25, 0.3) is 5.91 Å². The molecule has 24 heavy (non-hydrogen) atoms. The maximum absolute atomic E-state index is 12.6. The van der Waals surface area contributed by atoms with Crippen LogP contribution < -0.4 is 9.47 Å². The van der Waals surface area contributed by atoms with Crippen LogP contribution >= 0.6 is 0 Å². The molecule has 3 aromatic rings. The number of pyridine rings is 1. The Morgan fingerprint density at radius 3 is 2.62 bits per heavy atom. The van der Waals surface area contributed by atoms with Crippen molar-refractivity contribution in [1.29, 1.82) is 0 Å². The van der Waals surface area contributed by atoms with Gasteiger partial charge in [-0.25, -0.2) is 4.52 Å². The summed E-state index contributed by atoms with van der Waals surface area (Å²) in [6.45, 7) is 0.451. The van der Waals surface area contributed by atoms with E-state index in [2.05, 4.69) is 5.10 Å². The molecule has 0 fully saturated rings. The van der Waals surface area contributed by atoms with Gasteiger partial charge in [-0.15, -0.1) is 0 Å². The third-order valence-corrected chi connectivity index (χ3v) is 3.80. The standard InChI is InChI=1S/C18H19N3O3/c1-20(12-13-7-8-16(23-2)17(10-13)24-3)18(22)15-11-14-6-4-5-9-21(14)19-15/h4-11H,12H2,1-3H3. The fourth-order valence-electron chi connectivity index (χ4n) is 2.56. The highest BCUT2D eigenvalue weighted by Gasteiger charge is 2.16. The third-order valence-electron chi connectivity index (χ3n) is 3.80. The molecule has 0 aliphatic carbocycles. The Morgan fingerprint density at radius 1 is 1.12 bits per heavy atom. The van der Waals surface area contributed by atoms with E-state index in [1.54, 1.807) is 36.7 Å². The van der Waals surface area contributed by atoms with E-state index >= 15 is 0 Å². The van der Waals surface area contributed by atoms with Crippen LogP contribution in [0.4, 0.5) is 0 Å². The molecule has 3 rings (SSSR count). The van der Waals surface area contributed by atoms with Gasteiger partial charge in [-0.1, -0.05) is 12.1 Å². The van der Waals surface area contributed by atoms with E-state index in [9.17, 15) is 4.79 Å². The second kappa shape index (κ2) is 6.62. The van der Waals surface area contributed by atoms with Gasteiger partial charge < -0.3 is 14.4 Å². The molecular weight excluding hydrogens is 306 g/mol. The van der Waals surface area contributed by atoms with Gasteiger partial charge in [0, 0.05) is 19.8 Å². The highest BCUT2D eigenvalue weighted by molar-refractivity contribution is 5.93. The minimum absolute atomic E-state index is 0.131. The topological polar surface area (TPSA) is 56.1 Å². The summed E-state index contributed by atoms with van der Waals surface area (Å²) in [4.78, 5) is 14.2. The average molecular weight is 325 g/mol. The molecule has 0 N–H and O–H groups in total. The fraction of sp³-hybridized carbons (Fsp3) is 0.222. The van der Waals surface area contributed by atoms with Crippen molar-refractivity contribution in [2.45, 2.75) is 6.54 Å². The van der Waals surface area contributed by atoms with Crippen LogP contribution in [-0.2, 0) is 6.54 Å². The number of amides is 1. The molecule has 2 aromatic heterocycles. The molecule has 0 aliphatic rings. The molecule has 0 unspecified atom stereocenters. The summed E-state index contributed by atoms with van der Waals surface area (Å²) in [5, 5.41) is 4.32. The van der Waals surface area contributed by atoms with Crippen molar-refractivity contribution in [2.75, 3.05) is 21.3 Å². The van der Waals surface area contributed by atoms with Gasteiger partial charge >= 0.3 is 0 Å². The predicted molar refractivity (Wildman–Crippen MR) is 90.5 cm³/mol. The Balaban J connectivity index is 1.78. The summed E-state index contributed by atoms with van der Waals surface area (Å²) < 4.78 is 12.2. The lowest BCUT2D eigenvalue weighted by Crippen LogP contribution is -2.26. The van der Waals surface area contributed by atoms with Gasteiger partial charge in [0.05, 0.1) is 19.7 Å². The second-order valence-electron chi connectivity index (χ2n) is 5.45. The number of ether oxygens (including phenoxy) is 2. The molecule has 0 bridgehead atoms. The van der Waals surface area contributed by atoms with Gasteiger partial charge in [-0.05, 0) is 35.9 Å². The van der Waals surface area contributed by atoms with E-state index in [0.717, 1.165) is 11.1 Å². The monoisotopic (exact) mass is 325 g/mol. The summed E-state index contributed by atoms with van der Waals surface area (Å²) in [7, 11) is 4.94. The molecule has 0 spiro atoms. The number of hydrogen-bond acceptors (Lipinski definition) is 4. The van der Waals surface area contributed by atoms with Gasteiger partial charge in [0.2, 0.25) is 0 Å². The number of aromatic nitrogens is 2. The Hall–Kier alpha value is -3.02. The molecule has 0 radical (unpaired) electrons. The van der Waals surface area contributed by atoms with E-state index in [0.29, 0.717) is 23.7 Å². The lowest BCUT2D eigenvalue weighted by molar-refractivity contribution is 0.0779. The van der Waals surface area contributed by atoms with Crippen LogP contribution in [0.5, 0.6) is 11.5 Å². The Morgan fingerprint density at radius 2 is 1.92 bits per heavy atom. The number of fused-ring (bicyclic) bond motifs is 1. The Bertz CT molecular complexity index is 840. The summed E-state index contributed by atoms with van der Waals surface area (Å²) in [6.07, 6.45) is 1.82. The molecule has 124 valence electrons. The van der Waals surface area contributed by atoms with Crippen LogP contribution in [0.15, 0.2) is 48.7 Å². The largest absolute Gasteiger partial charge is 0.493 e. The van der Waals surface area contributed by atoms with Gasteiger partial charge in [0.1, 0.15) is 0 Å². The minimum Gasteiger partial charge on any atom is -0.493 e. The van der Waals surface area contributed by atoms with E-state index in [-0.39, 0.29) is 5.91 Å². The predicted octanol–water partition coefficient (Wildman–Crippen LogP) is 2.62. The zero-order valence-corrected chi connectivity index (χ0v) is 13.9. The molecule has 0 saturated heterocycles. The molecular formula is C18H19N3O3. The SMILES string of the molecule is COc1ccc(CN(C)C(=O)c2cc3ccccn3n2)cc1OC. The van der Waals surface area contributed by atoms with E-state index in [1.807, 2.05) is 42.6 Å². The fourth-order valence-corrected chi connectivity index (χ4v) is 2.56. The lowest BCUT2D eigenvalue weighted by Gasteiger charge is -2.17. The molecule has 0 aliphatic heterocycles. The molecule has 1 amide bonds. The zero-order valence-electron chi connectivity index (χ0n) is 13.9. The highest BCUT2D eigenvalue weighted by Crippen LogP contribution is 2.28. The van der Waals surface area contributed by atoms with Crippen LogP contribution in [0.1, 0.15) is 16.1 Å². The van der Waals surface area contributed by atoms with Crippen molar-refractivity contribution in [3.63, 3.8) is 0 Å². The van der Waals surface area contributed by atoms with Gasteiger partial charge in [-0.2, -0.15) is 5.10 Å². The van der Waals surface area contributed by atoms with Gasteiger partial charge in [-0.3, -0.25) is 4.79 Å². The van der Waals surface area contributed by atoms with Crippen molar-refractivity contribution < 1.29 is 14.3 Å². The molecule has 2 heterocycles. The number of hydrogen-bond donors (Lipinski definition) is 0. The Labute approximate surface area is 140 Å². The maximum Gasteiger partial charge on any atom is 0.274 e. The number of carbonyl (C=O) groups is 1. The molecule has 1 aromatic carbocycles.